The van der Waals surface area contributed by atoms with Crippen LogP contribution in [0.5, 0.6) is 0 Å². The number of ether oxygens (including phenoxy) is 2. The van der Waals surface area contributed by atoms with E-state index in [0.717, 1.165) is 11.1 Å². The number of methoxy groups -OCH3 is 2. The van der Waals surface area contributed by atoms with Gasteiger partial charge in [-0.15, -0.1) is 0 Å². The van der Waals surface area contributed by atoms with Crippen LogP contribution >= 0.6 is 23.2 Å². The quantitative estimate of drug-likeness (QED) is 0.498. The fraction of sp³-hybridized carbons (Fsp3) is 0.0909. The Bertz CT molecular complexity index is 1030. The van der Waals surface area contributed by atoms with Crippen LogP contribution in [0.2, 0.25) is 10.0 Å². The zero-order valence-corrected chi connectivity index (χ0v) is 16.7. The topological polar surface area (TPSA) is 52.6 Å². The Balaban J connectivity index is 2.33. The highest BCUT2D eigenvalue weighted by Gasteiger charge is 2.25. The second-order valence-electron chi connectivity index (χ2n) is 5.94. The number of esters is 2. The van der Waals surface area contributed by atoms with E-state index < -0.39 is 11.9 Å². The largest absolute Gasteiger partial charge is 0.465 e. The lowest BCUT2D eigenvalue weighted by molar-refractivity contribution is 0.0556. The third kappa shape index (κ3) is 4.03. The van der Waals surface area contributed by atoms with E-state index in [4.69, 9.17) is 32.7 Å². The van der Waals surface area contributed by atoms with Gasteiger partial charge >= 0.3 is 11.9 Å². The van der Waals surface area contributed by atoms with Gasteiger partial charge in [-0.05, 0) is 58.7 Å². The van der Waals surface area contributed by atoms with E-state index in [2.05, 4.69) is 0 Å². The Morgan fingerprint density at radius 3 is 1.68 bits per heavy atom. The molecule has 28 heavy (non-hydrogen) atoms. The Morgan fingerprint density at radius 2 is 1.18 bits per heavy atom. The predicted molar refractivity (Wildman–Crippen MR) is 110 cm³/mol. The number of hydrogen-bond acceptors (Lipinski definition) is 4. The lowest BCUT2D eigenvalue weighted by Crippen LogP contribution is -2.14. The first-order valence-electron chi connectivity index (χ1n) is 8.31. The summed E-state index contributed by atoms with van der Waals surface area (Å²) in [6, 6.07) is 17.6. The molecule has 0 unspecified atom stereocenters. The number of benzene rings is 3. The summed E-state index contributed by atoms with van der Waals surface area (Å²) in [7, 11) is 2.53. The third-order valence-electron chi connectivity index (χ3n) is 4.27. The van der Waals surface area contributed by atoms with Crippen LogP contribution in [0.25, 0.3) is 22.3 Å². The van der Waals surface area contributed by atoms with Crippen LogP contribution in [0.15, 0.2) is 60.7 Å². The molecular weight excluding hydrogens is 399 g/mol. The van der Waals surface area contributed by atoms with Crippen LogP contribution in [0.1, 0.15) is 20.7 Å². The van der Waals surface area contributed by atoms with E-state index in [1.165, 1.54) is 14.2 Å². The van der Waals surface area contributed by atoms with Crippen LogP contribution in [0, 0.1) is 0 Å². The van der Waals surface area contributed by atoms with Gasteiger partial charge in [-0.2, -0.15) is 0 Å². The fourth-order valence-corrected chi connectivity index (χ4v) is 3.15. The fourth-order valence-electron chi connectivity index (χ4n) is 2.90. The van der Waals surface area contributed by atoms with Crippen LogP contribution in [-0.2, 0) is 9.47 Å². The van der Waals surface area contributed by atoms with Gasteiger partial charge in [-0.3, -0.25) is 0 Å². The summed E-state index contributed by atoms with van der Waals surface area (Å²) in [5, 5.41) is 1.16. The Kier molecular flexibility index (Phi) is 6.02. The molecule has 0 fully saturated rings. The molecule has 0 aliphatic heterocycles. The Morgan fingerprint density at radius 1 is 0.679 bits per heavy atom. The molecule has 0 N–H and O–H groups in total. The Labute approximate surface area is 172 Å². The van der Waals surface area contributed by atoms with Crippen molar-refractivity contribution in [2.45, 2.75) is 0 Å². The minimum Gasteiger partial charge on any atom is -0.465 e. The van der Waals surface area contributed by atoms with Crippen molar-refractivity contribution in [1.82, 2.24) is 0 Å². The molecule has 0 saturated heterocycles. The van der Waals surface area contributed by atoms with Gasteiger partial charge in [-0.1, -0.05) is 47.5 Å². The molecule has 0 aromatic heterocycles. The highest BCUT2D eigenvalue weighted by atomic mass is 35.5. The van der Waals surface area contributed by atoms with Crippen molar-refractivity contribution in [2.75, 3.05) is 14.2 Å². The molecule has 6 heteroatoms. The summed E-state index contributed by atoms with van der Waals surface area (Å²) >= 11 is 12.0. The maximum atomic E-state index is 12.5. The number of carbonyl (C=O) groups excluding carboxylic acids is 2. The lowest BCUT2D eigenvalue weighted by Gasteiger charge is -2.15. The summed E-state index contributed by atoms with van der Waals surface area (Å²) in [5.41, 5.74) is 3.07. The molecule has 0 heterocycles. The molecule has 0 radical (unpaired) electrons. The first kappa shape index (κ1) is 19.9. The second-order valence-corrected chi connectivity index (χ2v) is 6.82. The van der Waals surface area contributed by atoms with Crippen LogP contribution < -0.4 is 0 Å². The molecule has 3 aromatic rings. The Hall–Kier alpha value is -2.82. The molecule has 142 valence electrons. The molecule has 4 nitrogen and oxygen atoms in total. The molecule has 0 atom stereocenters. The number of hydrogen-bond donors (Lipinski definition) is 0. The second kappa shape index (κ2) is 8.46. The molecule has 0 amide bonds. The highest BCUT2D eigenvalue weighted by molar-refractivity contribution is 6.31. The average molecular weight is 415 g/mol. The van der Waals surface area contributed by atoms with Crippen molar-refractivity contribution in [3.8, 4) is 22.3 Å². The molecule has 3 rings (SSSR count). The van der Waals surface area contributed by atoms with Gasteiger partial charge in [0.2, 0.25) is 0 Å². The SMILES string of the molecule is COC(=O)c1cc(-c2ccc(Cl)cc2)cc(-c2ccc(Cl)cc2)c1C(=O)OC. The van der Waals surface area contributed by atoms with Crippen LogP contribution in [-0.4, -0.2) is 26.2 Å². The van der Waals surface area contributed by atoms with E-state index >= 15 is 0 Å². The van der Waals surface area contributed by atoms with Gasteiger partial charge in [0.05, 0.1) is 25.3 Å². The van der Waals surface area contributed by atoms with Gasteiger partial charge in [0, 0.05) is 10.0 Å². The maximum absolute atomic E-state index is 12.5. The minimum absolute atomic E-state index is 0.117. The number of carbonyl (C=O) groups is 2. The number of halogens is 2. The van der Waals surface area contributed by atoms with E-state index in [9.17, 15) is 9.59 Å². The maximum Gasteiger partial charge on any atom is 0.339 e. The van der Waals surface area contributed by atoms with E-state index in [0.29, 0.717) is 21.2 Å². The third-order valence-corrected chi connectivity index (χ3v) is 4.77. The molecule has 0 saturated carbocycles. The minimum atomic E-state index is -0.633. The number of rotatable bonds is 4. The van der Waals surface area contributed by atoms with Crippen molar-refractivity contribution < 1.29 is 19.1 Å². The summed E-state index contributed by atoms with van der Waals surface area (Å²) in [4.78, 5) is 25.0. The standard InChI is InChI=1S/C22H16Cl2O4/c1-27-21(25)19-12-15(13-3-7-16(23)8-4-13)11-18(20(19)22(26)28-2)14-5-9-17(24)10-6-14/h3-12H,1-2H3. The van der Waals surface area contributed by atoms with Gasteiger partial charge in [0.15, 0.2) is 0 Å². The van der Waals surface area contributed by atoms with Crippen LogP contribution in [0.4, 0.5) is 0 Å². The van der Waals surface area contributed by atoms with E-state index in [-0.39, 0.29) is 11.1 Å². The first-order chi connectivity index (χ1) is 13.4. The summed E-state index contributed by atoms with van der Waals surface area (Å²) in [6.45, 7) is 0. The van der Waals surface area contributed by atoms with Crippen molar-refractivity contribution in [2.24, 2.45) is 0 Å². The van der Waals surface area contributed by atoms with Crippen molar-refractivity contribution in [3.05, 3.63) is 81.8 Å². The van der Waals surface area contributed by atoms with Gasteiger partial charge in [0.1, 0.15) is 0 Å². The summed E-state index contributed by atoms with van der Waals surface area (Å²) in [5.74, 6) is -1.26. The van der Waals surface area contributed by atoms with E-state index in [1.807, 2.05) is 18.2 Å². The molecular formula is C22H16Cl2O4. The smallest absolute Gasteiger partial charge is 0.339 e. The molecule has 0 aliphatic carbocycles. The van der Waals surface area contributed by atoms with Gasteiger partial charge < -0.3 is 9.47 Å². The van der Waals surface area contributed by atoms with Gasteiger partial charge in [0.25, 0.3) is 0 Å². The van der Waals surface area contributed by atoms with Crippen molar-refractivity contribution in [1.29, 1.82) is 0 Å². The molecule has 0 bridgehead atoms. The van der Waals surface area contributed by atoms with Crippen molar-refractivity contribution in [3.63, 3.8) is 0 Å². The summed E-state index contributed by atoms with van der Waals surface area (Å²) < 4.78 is 9.83. The first-order valence-corrected chi connectivity index (χ1v) is 9.06. The molecule has 0 aliphatic rings. The predicted octanol–water partition coefficient (Wildman–Crippen LogP) is 5.90. The van der Waals surface area contributed by atoms with Crippen LogP contribution in [0.3, 0.4) is 0 Å². The zero-order chi connectivity index (χ0) is 20.3. The van der Waals surface area contributed by atoms with Crippen molar-refractivity contribution >= 4 is 35.1 Å². The average Bonchev–Trinajstić information content (AvgIpc) is 2.72. The normalized spacial score (nSPS) is 10.4. The molecule has 0 spiro atoms. The zero-order valence-electron chi connectivity index (χ0n) is 15.2. The van der Waals surface area contributed by atoms with Gasteiger partial charge in [-0.25, -0.2) is 9.59 Å². The monoisotopic (exact) mass is 414 g/mol. The molecule has 3 aromatic carbocycles. The lowest BCUT2D eigenvalue weighted by atomic mass is 9.90. The summed E-state index contributed by atoms with van der Waals surface area (Å²) in [6.07, 6.45) is 0. The van der Waals surface area contributed by atoms with E-state index in [1.54, 1.807) is 42.5 Å². The highest BCUT2D eigenvalue weighted by Crippen LogP contribution is 2.34.